The number of para-hydroxylation sites is 1. The van der Waals surface area contributed by atoms with Crippen molar-refractivity contribution in [3.63, 3.8) is 0 Å². The number of ketones is 1. The maximum Gasteiger partial charge on any atom is 0.213 e. The minimum Gasteiger partial charge on any atom is -0.287 e. The summed E-state index contributed by atoms with van der Waals surface area (Å²) in [6, 6.07) is 16.1. The lowest BCUT2D eigenvalue weighted by Crippen LogP contribution is -2.10. The molecule has 0 saturated carbocycles. The molecule has 21 heavy (non-hydrogen) atoms. The molecule has 0 fully saturated rings. The first-order valence-corrected chi connectivity index (χ1v) is 7.02. The highest BCUT2D eigenvalue weighted by Gasteiger charge is 2.19. The zero-order chi connectivity index (χ0) is 14.8. The molecular weight excluding hydrogens is 307 g/mol. The quantitative estimate of drug-likeness (QED) is 0.671. The SMILES string of the molecule is O=C(c1cccc(Cl)c1Cl)c1ccnn1-c1ccccc1. The minimum absolute atomic E-state index is 0.219. The van der Waals surface area contributed by atoms with Crippen LogP contribution in [-0.2, 0) is 0 Å². The van der Waals surface area contributed by atoms with E-state index in [9.17, 15) is 4.79 Å². The van der Waals surface area contributed by atoms with Crippen molar-refractivity contribution in [3.8, 4) is 5.69 Å². The number of carbonyl (C=O) groups excluding carboxylic acids is 1. The van der Waals surface area contributed by atoms with Crippen LogP contribution in [0.25, 0.3) is 5.69 Å². The van der Waals surface area contributed by atoms with Gasteiger partial charge in [-0.15, -0.1) is 0 Å². The molecule has 0 amide bonds. The van der Waals surface area contributed by atoms with Gasteiger partial charge < -0.3 is 0 Å². The first-order valence-electron chi connectivity index (χ1n) is 6.26. The van der Waals surface area contributed by atoms with Crippen molar-refractivity contribution in [3.05, 3.63) is 82.1 Å². The number of halogens is 2. The molecule has 2 aromatic carbocycles. The molecule has 0 atom stereocenters. The second kappa shape index (κ2) is 5.72. The Labute approximate surface area is 131 Å². The van der Waals surface area contributed by atoms with E-state index < -0.39 is 0 Å². The number of hydrogen-bond donors (Lipinski definition) is 0. The van der Waals surface area contributed by atoms with Gasteiger partial charge >= 0.3 is 0 Å². The van der Waals surface area contributed by atoms with Crippen molar-refractivity contribution in [1.29, 1.82) is 0 Å². The van der Waals surface area contributed by atoms with E-state index in [2.05, 4.69) is 5.10 Å². The summed E-state index contributed by atoms with van der Waals surface area (Å²) < 4.78 is 1.58. The van der Waals surface area contributed by atoms with Crippen LogP contribution in [-0.4, -0.2) is 15.6 Å². The Balaban J connectivity index is 2.08. The third-order valence-electron chi connectivity index (χ3n) is 3.07. The molecule has 3 nitrogen and oxygen atoms in total. The van der Waals surface area contributed by atoms with Crippen molar-refractivity contribution in [2.75, 3.05) is 0 Å². The number of nitrogens with zero attached hydrogens (tertiary/aromatic N) is 2. The van der Waals surface area contributed by atoms with Crippen LogP contribution in [0.2, 0.25) is 10.0 Å². The van der Waals surface area contributed by atoms with E-state index in [0.29, 0.717) is 16.3 Å². The van der Waals surface area contributed by atoms with E-state index in [0.717, 1.165) is 5.69 Å². The molecule has 0 aliphatic rings. The topological polar surface area (TPSA) is 34.9 Å². The maximum atomic E-state index is 12.7. The summed E-state index contributed by atoms with van der Waals surface area (Å²) in [5.74, 6) is -0.219. The standard InChI is InChI=1S/C16H10Cl2N2O/c17-13-8-4-7-12(15(13)18)16(21)14-9-10-19-20(14)11-5-2-1-3-6-11/h1-10H. The number of aromatic nitrogens is 2. The predicted octanol–water partition coefficient (Wildman–Crippen LogP) is 4.41. The molecule has 0 bridgehead atoms. The van der Waals surface area contributed by atoms with Crippen LogP contribution in [0.1, 0.15) is 16.1 Å². The summed E-state index contributed by atoms with van der Waals surface area (Å²) in [5, 5.41) is 4.81. The van der Waals surface area contributed by atoms with Crippen LogP contribution in [0.5, 0.6) is 0 Å². The monoisotopic (exact) mass is 316 g/mol. The molecule has 0 unspecified atom stereocenters. The molecule has 0 radical (unpaired) electrons. The summed E-state index contributed by atoms with van der Waals surface area (Å²) in [5.41, 5.74) is 1.61. The number of benzene rings is 2. The molecule has 5 heteroatoms. The van der Waals surface area contributed by atoms with E-state index in [4.69, 9.17) is 23.2 Å². The first-order chi connectivity index (χ1) is 10.2. The molecule has 0 spiro atoms. The average Bonchev–Trinajstić information content (AvgIpc) is 3.00. The third-order valence-corrected chi connectivity index (χ3v) is 3.89. The predicted molar refractivity (Wildman–Crippen MR) is 83.5 cm³/mol. The Morgan fingerprint density at radius 3 is 2.48 bits per heavy atom. The fraction of sp³-hybridized carbons (Fsp3) is 0. The van der Waals surface area contributed by atoms with Crippen LogP contribution in [0.15, 0.2) is 60.8 Å². The summed E-state index contributed by atoms with van der Waals surface area (Å²) in [6.45, 7) is 0. The Morgan fingerprint density at radius 2 is 1.71 bits per heavy atom. The van der Waals surface area contributed by atoms with Gasteiger partial charge in [0.1, 0.15) is 5.69 Å². The fourth-order valence-corrected chi connectivity index (χ4v) is 2.45. The highest BCUT2D eigenvalue weighted by atomic mass is 35.5. The summed E-state index contributed by atoms with van der Waals surface area (Å²) in [6.07, 6.45) is 1.58. The van der Waals surface area contributed by atoms with Gasteiger partial charge in [0.2, 0.25) is 5.78 Å². The highest BCUT2D eigenvalue weighted by Crippen LogP contribution is 2.27. The zero-order valence-corrected chi connectivity index (χ0v) is 12.3. The van der Waals surface area contributed by atoms with Crippen molar-refractivity contribution in [2.45, 2.75) is 0 Å². The molecule has 0 saturated heterocycles. The largest absolute Gasteiger partial charge is 0.287 e. The van der Waals surface area contributed by atoms with Gasteiger partial charge in [-0.1, -0.05) is 47.5 Å². The van der Waals surface area contributed by atoms with Gasteiger partial charge in [0.25, 0.3) is 0 Å². The van der Waals surface area contributed by atoms with Crippen molar-refractivity contribution in [2.24, 2.45) is 0 Å². The summed E-state index contributed by atoms with van der Waals surface area (Å²) >= 11 is 12.1. The zero-order valence-electron chi connectivity index (χ0n) is 10.8. The third kappa shape index (κ3) is 2.58. The smallest absolute Gasteiger partial charge is 0.213 e. The lowest BCUT2D eigenvalue weighted by molar-refractivity contribution is 0.103. The highest BCUT2D eigenvalue weighted by molar-refractivity contribution is 6.44. The van der Waals surface area contributed by atoms with Crippen LogP contribution < -0.4 is 0 Å². The fourth-order valence-electron chi connectivity index (χ4n) is 2.07. The summed E-state index contributed by atoms with van der Waals surface area (Å²) in [4.78, 5) is 12.7. The Kier molecular flexibility index (Phi) is 3.78. The molecule has 104 valence electrons. The van der Waals surface area contributed by atoms with Gasteiger partial charge in [-0.2, -0.15) is 5.10 Å². The molecule has 1 aromatic heterocycles. The number of hydrogen-bond acceptors (Lipinski definition) is 2. The number of carbonyl (C=O) groups is 1. The van der Waals surface area contributed by atoms with Gasteiger partial charge in [0, 0.05) is 5.56 Å². The van der Waals surface area contributed by atoms with Crippen molar-refractivity contribution < 1.29 is 4.79 Å². The Morgan fingerprint density at radius 1 is 0.952 bits per heavy atom. The van der Waals surface area contributed by atoms with E-state index in [1.54, 1.807) is 35.1 Å². The maximum absolute atomic E-state index is 12.7. The van der Waals surface area contributed by atoms with Crippen molar-refractivity contribution >= 4 is 29.0 Å². The second-order valence-electron chi connectivity index (χ2n) is 4.39. The first kappa shape index (κ1) is 13.9. The average molecular weight is 317 g/mol. The lowest BCUT2D eigenvalue weighted by Gasteiger charge is -2.08. The molecule has 3 aromatic rings. The number of rotatable bonds is 3. The molecule has 0 N–H and O–H groups in total. The van der Waals surface area contributed by atoms with Crippen LogP contribution in [0, 0.1) is 0 Å². The van der Waals surface area contributed by atoms with Gasteiger partial charge in [-0.25, -0.2) is 4.68 Å². The van der Waals surface area contributed by atoms with Crippen molar-refractivity contribution in [1.82, 2.24) is 9.78 Å². The van der Waals surface area contributed by atoms with E-state index in [-0.39, 0.29) is 10.8 Å². The minimum atomic E-state index is -0.219. The van der Waals surface area contributed by atoms with E-state index in [1.807, 2.05) is 30.3 Å². The molecule has 3 rings (SSSR count). The second-order valence-corrected chi connectivity index (χ2v) is 5.18. The van der Waals surface area contributed by atoms with Gasteiger partial charge in [0.15, 0.2) is 0 Å². The van der Waals surface area contributed by atoms with Crippen LogP contribution >= 0.6 is 23.2 Å². The molecule has 1 heterocycles. The molecule has 0 aliphatic heterocycles. The van der Waals surface area contributed by atoms with Crippen LogP contribution in [0.4, 0.5) is 0 Å². The van der Waals surface area contributed by atoms with E-state index in [1.165, 1.54) is 0 Å². The normalized spacial score (nSPS) is 10.6. The van der Waals surface area contributed by atoms with Gasteiger partial charge in [-0.3, -0.25) is 4.79 Å². The summed E-state index contributed by atoms with van der Waals surface area (Å²) in [7, 11) is 0. The molecular formula is C16H10Cl2N2O. The van der Waals surface area contributed by atoms with E-state index >= 15 is 0 Å². The van der Waals surface area contributed by atoms with Gasteiger partial charge in [-0.05, 0) is 30.3 Å². The Hall–Kier alpha value is -2.10. The van der Waals surface area contributed by atoms with Gasteiger partial charge in [0.05, 0.1) is 21.9 Å². The Bertz CT molecular complexity index is 797. The lowest BCUT2D eigenvalue weighted by atomic mass is 10.1. The van der Waals surface area contributed by atoms with Crippen LogP contribution in [0.3, 0.4) is 0 Å². The molecule has 0 aliphatic carbocycles.